The fourth-order valence-corrected chi connectivity index (χ4v) is 2.63. The smallest absolute Gasteiger partial charge is 0.122 e. The van der Waals surface area contributed by atoms with Crippen LogP contribution >= 0.6 is 0 Å². The van der Waals surface area contributed by atoms with Crippen molar-refractivity contribution in [3.05, 3.63) is 29.3 Å². The minimum atomic E-state index is 0.399. The molecule has 0 saturated heterocycles. The Morgan fingerprint density at radius 3 is 2.52 bits per heavy atom. The molecule has 0 fully saturated rings. The van der Waals surface area contributed by atoms with E-state index in [9.17, 15) is 0 Å². The summed E-state index contributed by atoms with van der Waals surface area (Å²) in [5, 5.41) is 3.45. The summed E-state index contributed by atoms with van der Waals surface area (Å²) in [6.45, 7) is 12.8. The van der Waals surface area contributed by atoms with Gasteiger partial charge in [-0.05, 0) is 49.9 Å². The summed E-state index contributed by atoms with van der Waals surface area (Å²) in [4.78, 5) is 0. The molecular weight excluding hydrogens is 258 g/mol. The van der Waals surface area contributed by atoms with Crippen molar-refractivity contribution in [2.75, 3.05) is 13.2 Å². The topological polar surface area (TPSA) is 21.3 Å². The molecule has 1 aromatic carbocycles. The van der Waals surface area contributed by atoms with Gasteiger partial charge in [0.05, 0.1) is 6.61 Å². The van der Waals surface area contributed by atoms with Gasteiger partial charge >= 0.3 is 0 Å². The molecular formula is C19H33NO. The Bertz CT molecular complexity index is 403. The molecule has 0 saturated carbocycles. The second-order valence-electron chi connectivity index (χ2n) is 6.03. The summed E-state index contributed by atoms with van der Waals surface area (Å²) < 4.78 is 6.06. The molecule has 0 spiro atoms. The Hall–Kier alpha value is -1.02. The molecule has 0 bridgehead atoms. The van der Waals surface area contributed by atoms with E-state index in [4.69, 9.17) is 4.74 Å². The van der Waals surface area contributed by atoms with Gasteiger partial charge in [0.25, 0.3) is 0 Å². The maximum atomic E-state index is 6.06. The number of unbranched alkanes of at least 4 members (excludes halogenated alkanes) is 1. The third-order valence-electron chi connectivity index (χ3n) is 4.23. The monoisotopic (exact) mass is 291 g/mol. The van der Waals surface area contributed by atoms with Gasteiger partial charge in [0.1, 0.15) is 5.75 Å². The Morgan fingerprint density at radius 2 is 1.95 bits per heavy atom. The first-order chi connectivity index (χ1) is 10.1. The first-order valence-corrected chi connectivity index (χ1v) is 8.59. The van der Waals surface area contributed by atoms with Crippen molar-refractivity contribution >= 4 is 0 Å². The lowest BCUT2D eigenvalue weighted by atomic mass is 10.0. The van der Waals surface area contributed by atoms with E-state index in [1.54, 1.807) is 0 Å². The molecule has 2 unspecified atom stereocenters. The predicted octanol–water partition coefficient (Wildman–Crippen LogP) is 5.26. The van der Waals surface area contributed by atoms with Crippen LogP contribution in [0, 0.1) is 12.8 Å². The number of rotatable bonds is 10. The van der Waals surface area contributed by atoms with Gasteiger partial charge in [0, 0.05) is 6.04 Å². The van der Waals surface area contributed by atoms with Crippen LogP contribution in [0.5, 0.6) is 5.75 Å². The maximum Gasteiger partial charge on any atom is 0.122 e. The minimum absolute atomic E-state index is 0.399. The summed E-state index contributed by atoms with van der Waals surface area (Å²) in [6, 6.07) is 6.96. The van der Waals surface area contributed by atoms with Crippen LogP contribution in [0.15, 0.2) is 18.2 Å². The van der Waals surface area contributed by atoms with E-state index in [-0.39, 0.29) is 0 Å². The highest BCUT2D eigenvalue weighted by atomic mass is 16.5. The average molecular weight is 291 g/mol. The quantitative estimate of drug-likeness (QED) is 0.635. The summed E-state index contributed by atoms with van der Waals surface area (Å²) in [5.41, 5.74) is 2.57. The van der Waals surface area contributed by atoms with Gasteiger partial charge in [-0.25, -0.2) is 0 Å². The van der Waals surface area contributed by atoms with Crippen LogP contribution in [-0.4, -0.2) is 13.2 Å². The van der Waals surface area contributed by atoms with Gasteiger partial charge in [-0.1, -0.05) is 52.2 Å². The van der Waals surface area contributed by atoms with E-state index in [1.807, 2.05) is 0 Å². The van der Waals surface area contributed by atoms with Crippen LogP contribution < -0.4 is 10.1 Å². The standard InChI is InChI=1S/C19H33NO/c1-6-9-10-17(7-2)14-21-19-12-11-18(13-15(19)4)16(5)20-8-3/h11-13,16-17,20H,6-10,14H2,1-5H3. The summed E-state index contributed by atoms with van der Waals surface area (Å²) in [6.07, 6.45) is 5.06. The zero-order chi connectivity index (χ0) is 15.7. The number of hydrogen-bond donors (Lipinski definition) is 1. The Kier molecular flexibility index (Phi) is 8.44. The number of aryl methyl sites for hydroxylation is 1. The SMILES string of the molecule is CCCCC(CC)COc1ccc(C(C)NCC)cc1C. The lowest BCUT2D eigenvalue weighted by molar-refractivity contribution is 0.232. The molecule has 1 N–H and O–H groups in total. The molecule has 0 aliphatic carbocycles. The van der Waals surface area contributed by atoms with Gasteiger partial charge in [-0.3, -0.25) is 0 Å². The Balaban J connectivity index is 2.59. The van der Waals surface area contributed by atoms with Crippen molar-refractivity contribution in [1.82, 2.24) is 5.32 Å². The van der Waals surface area contributed by atoms with Crippen molar-refractivity contribution < 1.29 is 4.74 Å². The van der Waals surface area contributed by atoms with Crippen molar-refractivity contribution in [2.45, 2.75) is 66.3 Å². The first kappa shape index (κ1) is 18.0. The second-order valence-corrected chi connectivity index (χ2v) is 6.03. The Morgan fingerprint density at radius 1 is 1.19 bits per heavy atom. The zero-order valence-electron chi connectivity index (χ0n) is 14.5. The van der Waals surface area contributed by atoms with E-state index in [0.717, 1.165) is 18.9 Å². The highest BCUT2D eigenvalue weighted by molar-refractivity contribution is 5.37. The normalized spacial score (nSPS) is 14.0. The third-order valence-corrected chi connectivity index (χ3v) is 4.23. The van der Waals surface area contributed by atoms with Gasteiger partial charge < -0.3 is 10.1 Å². The van der Waals surface area contributed by atoms with Crippen molar-refractivity contribution in [3.8, 4) is 5.75 Å². The van der Waals surface area contributed by atoms with Crippen molar-refractivity contribution in [2.24, 2.45) is 5.92 Å². The molecule has 2 atom stereocenters. The molecule has 120 valence electrons. The summed E-state index contributed by atoms with van der Waals surface area (Å²) in [7, 11) is 0. The van der Waals surface area contributed by atoms with Crippen LogP contribution in [0.25, 0.3) is 0 Å². The maximum absolute atomic E-state index is 6.06. The van der Waals surface area contributed by atoms with E-state index < -0.39 is 0 Å². The van der Waals surface area contributed by atoms with Gasteiger partial charge in [0.15, 0.2) is 0 Å². The molecule has 0 radical (unpaired) electrons. The lowest BCUT2D eigenvalue weighted by Gasteiger charge is -2.18. The van der Waals surface area contributed by atoms with Crippen LogP contribution in [0.1, 0.15) is 70.5 Å². The van der Waals surface area contributed by atoms with Gasteiger partial charge in [0.2, 0.25) is 0 Å². The zero-order valence-corrected chi connectivity index (χ0v) is 14.5. The fraction of sp³-hybridized carbons (Fsp3) is 0.684. The number of benzene rings is 1. The first-order valence-electron chi connectivity index (χ1n) is 8.59. The van der Waals surface area contributed by atoms with Gasteiger partial charge in [-0.15, -0.1) is 0 Å². The third kappa shape index (κ3) is 6.09. The molecule has 1 aromatic rings. The van der Waals surface area contributed by atoms with E-state index in [2.05, 4.69) is 58.1 Å². The van der Waals surface area contributed by atoms with Crippen molar-refractivity contribution in [1.29, 1.82) is 0 Å². The summed E-state index contributed by atoms with van der Waals surface area (Å²) >= 11 is 0. The predicted molar refractivity (Wildman–Crippen MR) is 92.1 cm³/mol. The highest BCUT2D eigenvalue weighted by Crippen LogP contribution is 2.24. The van der Waals surface area contributed by atoms with E-state index >= 15 is 0 Å². The highest BCUT2D eigenvalue weighted by Gasteiger charge is 2.10. The molecule has 0 heterocycles. The van der Waals surface area contributed by atoms with Crippen LogP contribution in [0.4, 0.5) is 0 Å². The van der Waals surface area contributed by atoms with Crippen LogP contribution in [0.3, 0.4) is 0 Å². The number of nitrogens with one attached hydrogen (secondary N) is 1. The number of hydrogen-bond acceptors (Lipinski definition) is 2. The Labute approximate surface area is 131 Å². The number of ether oxygens (including phenoxy) is 1. The molecule has 0 amide bonds. The summed E-state index contributed by atoms with van der Waals surface area (Å²) in [5.74, 6) is 1.72. The largest absolute Gasteiger partial charge is 0.493 e. The van der Waals surface area contributed by atoms with E-state index in [0.29, 0.717) is 12.0 Å². The van der Waals surface area contributed by atoms with Crippen LogP contribution in [-0.2, 0) is 0 Å². The van der Waals surface area contributed by atoms with Crippen molar-refractivity contribution in [3.63, 3.8) is 0 Å². The molecule has 0 aliphatic heterocycles. The molecule has 2 nitrogen and oxygen atoms in total. The molecule has 0 aromatic heterocycles. The second kappa shape index (κ2) is 9.83. The van der Waals surface area contributed by atoms with Gasteiger partial charge in [-0.2, -0.15) is 0 Å². The fourth-order valence-electron chi connectivity index (χ4n) is 2.63. The molecule has 1 rings (SSSR count). The minimum Gasteiger partial charge on any atom is -0.493 e. The van der Waals surface area contributed by atoms with Crippen LogP contribution in [0.2, 0.25) is 0 Å². The lowest BCUT2D eigenvalue weighted by Crippen LogP contribution is -2.18. The van der Waals surface area contributed by atoms with E-state index in [1.165, 1.54) is 36.8 Å². The molecule has 0 aliphatic rings. The molecule has 2 heteroatoms. The molecule has 21 heavy (non-hydrogen) atoms. The average Bonchev–Trinajstić information content (AvgIpc) is 2.48.